The summed E-state index contributed by atoms with van der Waals surface area (Å²) in [4.78, 5) is 0. The van der Waals surface area contributed by atoms with Gasteiger partial charge in [0.15, 0.2) is 0 Å². The summed E-state index contributed by atoms with van der Waals surface area (Å²) < 4.78 is 0. The van der Waals surface area contributed by atoms with Crippen molar-refractivity contribution < 1.29 is 51.3 Å². The second-order valence-electron chi connectivity index (χ2n) is 0. The Balaban J connectivity index is 0. The summed E-state index contributed by atoms with van der Waals surface area (Å²) in [5.74, 6) is 0. The normalized spacial score (nSPS) is 0. The first-order valence-corrected chi connectivity index (χ1v) is 0. The van der Waals surface area contributed by atoms with Gasteiger partial charge in [0.1, 0.15) is 0 Å². The molecule has 0 nitrogen and oxygen atoms in total. The first kappa shape index (κ1) is 180. The molecule has 0 unspecified atom stereocenters. The van der Waals surface area contributed by atoms with E-state index in [4.69, 9.17) is 0 Å². The molecular formula is C5H20VY. The Kier molecular flexibility index (Phi) is 3110. The molecule has 2 radical (unpaired) electrons. The fourth-order valence-corrected chi connectivity index (χ4v) is 0. The zero-order chi connectivity index (χ0) is 0. The summed E-state index contributed by atoms with van der Waals surface area (Å²) in [5.41, 5.74) is 0. The molecule has 7 heavy (non-hydrogen) atoms. The van der Waals surface area contributed by atoms with E-state index in [1.807, 2.05) is 0 Å². The van der Waals surface area contributed by atoms with E-state index in [1.165, 1.54) is 0 Å². The molecule has 48 valence electrons. The van der Waals surface area contributed by atoms with Crippen molar-refractivity contribution in [2.45, 2.75) is 37.1 Å². The number of rotatable bonds is 0. The molecule has 0 aliphatic carbocycles. The van der Waals surface area contributed by atoms with Gasteiger partial charge in [0.25, 0.3) is 0 Å². The number of hydrogen-bond donors (Lipinski definition) is 0. The maximum atomic E-state index is 0. The van der Waals surface area contributed by atoms with E-state index < -0.39 is 0 Å². The summed E-state index contributed by atoms with van der Waals surface area (Å²) in [7, 11) is 0. The van der Waals surface area contributed by atoms with Crippen molar-refractivity contribution in [3.63, 3.8) is 0 Å². The Bertz CT molecular complexity index is 8.04. The second kappa shape index (κ2) is 121. The first-order chi connectivity index (χ1) is 0. The van der Waals surface area contributed by atoms with E-state index in [0.717, 1.165) is 0 Å². The summed E-state index contributed by atoms with van der Waals surface area (Å²) in [6.07, 6.45) is 0. The van der Waals surface area contributed by atoms with Crippen LogP contribution in [0.25, 0.3) is 0 Å². The van der Waals surface area contributed by atoms with Crippen molar-refractivity contribution in [2.24, 2.45) is 0 Å². The third kappa shape index (κ3) is 87.3. The van der Waals surface area contributed by atoms with Gasteiger partial charge in [0, 0.05) is 51.3 Å². The summed E-state index contributed by atoms with van der Waals surface area (Å²) in [6, 6.07) is 0. The molecule has 0 saturated heterocycles. The van der Waals surface area contributed by atoms with Gasteiger partial charge in [-0.1, -0.05) is 37.1 Å². The molecule has 2 heteroatoms. The monoisotopic (exact) mass is 220 g/mol. The molecule has 0 aliphatic rings. The fraction of sp³-hybridized carbons (Fsp3) is 1.00. The molecule has 0 aliphatic heterocycles. The van der Waals surface area contributed by atoms with Crippen molar-refractivity contribution >= 4 is 0 Å². The van der Waals surface area contributed by atoms with Gasteiger partial charge in [0.05, 0.1) is 0 Å². The van der Waals surface area contributed by atoms with Crippen molar-refractivity contribution in [1.82, 2.24) is 0 Å². The Morgan fingerprint density at radius 1 is 0.429 bits per heavy atom. The van der Waals surface area contributed by atoms with Gasteiger partial charge in [-0.25, -0.2) is 0 Å². The van der Waals surface area contributed by atoms with E-state index in [9.17, 15) is 0 Å². The third-order valence-electron chi connectivity index (χ3n) is 0. The topological polar surface area (TPSA) is 0 Å². The fourth-order valence-electron chi connectivity index (χ4n) is 0. The number of hydrogen-bond acceptors (Lipinski definition) is 0. The Morgan fingerprint density at radius 2 is 0.429 bits per heavy atom. The molecule has 0 atom stereocenters. The molecule has 0 bridgehead atoms. The van der Waals surface area contributed by atoms with E-state index >= 15 is 0 Å². The summed E-state index contributed by atoms with van der Waals surface area (Å²) >= 11 is 0. The molecular weight excluding hydrogens is 200 g/mol. The molecule has 0 rings (SSSR count). The quantitative estimate of drug-likeness (QED) is 0.588. The van der Waals surface area contributed by atoms with Crippen molar-refractivity contribution in [2.75, 3.05) is 0 Å². The van der Waals surface area contributed by atoms with Crippen LogP contribution in [0.15, 0.2) is 0 Å². The van der Waals surface area contributed by atoms with Crippen LogP contribution in [0, 0.1) is 0 Å². The van der Waals surface area contributed by atoms with Gasteiger partial charge in [-0.05, 0) is 0 Å². The van der Waals surface area contributed by atoms with Crippen LogP contribution in [-0.4, -0.2) is 0 Å². The van der Waals surface area contributed by atoms with Crippen LogP contribution in [0.1, 0.15) is 37.1 Å². The Morgan fingerprint density at radius 3 is 0.429 bits per heavy atom. The van der Waals surface area contributed by atoms with Gasteiger partial charge in [0.2, 0.25) is 0 Å². The largest absolute Gasteiger partial charge is 0.0776 e. The second-order valence-corrected chi connectivity index (χ2v) is 0. The Hall–Kier alpha value is 1.69. The zero-order valence-electron chi connectivity index (χ0n) is 1.02. The van der Waals surface area contributed by atoms with Crippen molar-refractivity contribution in [3.05, 3.63) is 0 Å². The molecule has 0 spiro atoms. The van der Waals surface area contributed by atoms with Crippen LogP contribution < -0.4 is 0 Å². The summed E-state index contributed by atoms with van der Waals surface area (Å²) in [5, 5.41) is 0. The maximum Gasteiger partial charge on any atom is 0 e. The Labute approximate surface area is 87.6 Å². The van der Waals surface area contributed by atoms with E-state index in [2.05, 4.69) is 0 Å². The predicted molar refractivity (Wildman–Crippen MR) is 33.7 cm³/mol. The van der Waals surface area contributed by atoms with E-state index in [0.29, 0.717) is 0 Å². The average molecular weight is 220 g/mol. The molecule has 0 N–H and O–H groups in total. The van der Waals surface area contributed by atoms with E-state index in [-0.39, 0.29) is 88.4 Å². The minimum Gasteiger partial charge on any atom is -0.0776 e. The molecule has 0 saturated carbocycles. The van der Waals surface area contributed by atoms with Gasteiger partial charge >= 0.3 is 0 Å². The summed E-state index contributed by atoms with van der Waals surface area (Å²) in [6.45, 7) is 0. The molecule has 0 aromatic carbocycles. The molecule has 0 amide bonds. The van der Waals surface area contributed by atoms with Gasteiger partial charge in [-0.3, -0.25) is 0 Å². The smallest absolute Gasteiger partial charge is 0 e. The maximum absolute atomic E-state index is 0. The standard InChI is InChI=1S/5CH4.V.Y/h5*1H4;;. The van der Waals surface area contributed by atoms with Crippen LogP contribution >= 0.6 is 0 Å². The first-order valence-electron chi connectivity index (χ1n) is 0. The SMILES string of the molecule is C.C.C.C.C.[V].[Y]. The molecule has 0 aromatic heterocycles. The zero-order valence-corrected chi connectivity index (χ0v) is 5.26. The minimum absolute atomic E-state index is 0. The van der Waals surface area contributed by atoms with E-state index in [1.54, 1.807) is 0 Å². The molecule has 0 fully saturated rings. The minimum atomic E-state index is 0. The van der Waals surface area contributed by atoms with Gasteiger partial charge in [-0.2, -0.15) is 0 Å². The molecule has 0 aromatic rings. The van der Waals surface area contributed by atoms with Crippen LogP contribution in [0.4, 0.5) is 0 Å². The average Bonchev–Trinajstić information content (AvgIpc) is 0. The van der Waals surface area contributed by atoms with Crippen molar-refractivity contribution in [3.8, 4) is 0 Å². The van der Waals surface area contributed by atoms with Crippen molar-refractivity contribution in [1.29, 1.82) is 0 Å². The predicted octanol–water partition coefficient (Wildman–Crippen LogP) is 3.18. The molecule has 0 heterocycles. The van der Waals surface area contributed by atoms with Crippen LogP contribution in [0.2, 0.25) is 0 Å². The van der Waals surface area contributed by atoms with Crippen LogP contribution in [-0.2, 0) is 51.3 Å². The van der Waals surface area contributed by atoms with Crippen LogP contribution in [0.5, 0.6) is 0 Å². The van der Waals surface area contributed by atoms with Gasteiger partial charge in [-0.15, -0.1) is 0 Å². The third-order valence-corrected chi connectivity index (χ3v) is 0. The van der Waals surface area contributed by atoms with Crippen LogP contribution in [0.3, 0.4) is 0 Å². The van der Waals surface area contributed by atoms with Gasteiger partial charge < -0.3 is 0 Å².